The number of nitrogens with two attached hydrogens (primary N) is 1. The summed E-state index contributed by atoms with van der Waals surface area (Å²) in [7, 11) is 0. The van der Waals surface area contributed by atoms with E-state index >= 15 is 0 Å². The Hall–Kier alpha value is -0.0000000000000000555. The Kier molecular flexibility index (Phi) is 9.65. The van der Waals surface area contributed by atoms with Crippen molar-refractivity contribution >= 4 is 35.1 Å². The van der Waals surface area contributed by atoms with E-state index in [-0.39, 0.29) is 24.2 Å². The Morgan fingerprint density at radius 2 is 1.90 bits per heavy atom. The van der Waals surface area contributed by atoms with Gasteiger partial charge in [0.1, 0.15) is 11.6 Å². The second-order valence-corrected chi connectivity index (χ2v) is 7.63. The lowest BCUT2D eigenvalue weighted by atomic mass is 9.93. The molecular formula is C15H27NO2S2. The third-order valence-electron chi connectivity index (χ3n) is 3.81. The zero-order chi connectivity index (χ0) is 14.8. The van der Waals surface area contributed by atoms with Crippen LogP contribution in [0.4, 0.5) is 0 Å². The van der Waals surface area contributed by atoms with Crippen LogP contribution in [0, 0.1) is 11.8 Å². The fraction of sp³-hybridized carbons (Fsp3) is 0.867. The summed E-state index contributed by atoms with van der Waals surface area (Å²) in [5, 5.41) is 0. The summed E-state index contributed by atoms with van der Waals surface area (Å²) in [6, 6.07) is 0. The van der Waals surface area contributed by atoms with Crippen LogP contribution in [-0.2, 0) is 9.59 Å². The molecule has 1 fully saturated rings. The maximum Gasteiger partial charge on any atom is 0.150 e. The van der Waals surface area contributed by atoms with E-state index in [0.717, 1.165) is 29.4 Å². The van der Waals surface area contributed by atoms with E-state index in [1.165, 1.54) is 12.8 Å². The Labute approximate surface area is 131 Å². The van der Waals surface area contributed by atoms with Gasteiger partial charge < -0.3 is 5.73 Å². The van der Waals surface area contributed by atoms with Crippen LogP contribution in [0.3, 0.4) is 0 Å². The standard InChI is InChI=1S/C15H27NO2S2/c1-2-12-10-19-7-3-4-8-20-11-13(15(18)9-16)5-6-14(12)17/h12-13H,2-11,16H2,1H3/t12-,13-/m0/s1. The van der Waals surface area contributed by atoms with E-state index in [4.69, 9.17) is 5.73 Å². The normalized spacial score (nSPS) is 27.2. The molecule has 0 radical (unpaired) electrons. The molecule has 2 N–H and O–H groups in total. The third-order valence-corrected chi connectivity index (χ3v) is 6.24. The summed E-state index contributed by atoms with van der Waals surface area (Å²) in [5.41, 5.74) is 5.48. The monoisotopic (exact) mass is 317 g/mol. The Bertz CT molecular complexity index is 310. The summed E-state index contributed by atoms with van der Waals surface area (Å²) in [5.74, 6) is 4.62. The van der Waals surface area contributed by atoms with Crippen molar-refractivity contribution < 1.29 is 9.59 Å². The largest absolute Gasteiger partial charge is 0.324 e. The fourth-order valence-corrected chi connectivity index (χ4v) is 4.82. The van der Waals surface area contributed by atoms with Crippen molar-refractivity contribution in [2.24, 2.45) is 17.6 Å². The molecule has 20 heavy (non-hydrogen) atoms. The second kappa shape index (κ2) is 10.7. The number of hydrogen-bond acceptors (Lipinski definition) is 5. The van der Waals surface area contributed by atoms with E-state index in [9.17, 15) is 9.59 Å². The average Bonchev–Trinajstić information content (AvgIpc) is 2.48. The first-order valence-corrected chi connectivity index (χ1v) is 9.91. The first-order chi connectivity index (χ1) is 9.69. The highest BCUT2D eigenvalue weighted by Gasteiger charge is 2.22. The summed E-state index contributed by atoms with van der Waals surface area (Å²) >= 11 is 3.74. The van der Waals surface area contributed by atoms with Gasteiger partial charge in [-0.25, -0.2) is 0 Å². The third kappa shape index (κ3) is 6.64. The second-order valence-electron chi connectivity index (χ2n) is 5.33. The van der Waals surface area contributed by atoms with Crippen LogP contribution >= 0.6 is 23.5 Å². The quantitative estimate of drug-likeness (QED) is 0.867. The lowest BCUT2D eigenvalue weighted by Gasteiger charge is -2.16. The number of ketones is 2. The molecule has 1 heterocycles. The van der Waals surface area contributed by atoms with Crippen molar-refractivity contribution in [3.63, 3.8) is 0 Å². The van der Waals surface area contributed by atoms with Crippen LogP contribution in [0.25, 0.3) is 0 Å². The van der Waals surface area contributed by atoms with E-state index in [1.807, 2.05) is 23.5 Å². The number of carbonyl (C=O) groups excluding carboxylic acids is 2. The minimum atomic E-state index is -0.0279. The van der Waals surface area contributed by atoms with Gasteiger partial charge in [-0.05, 0) is 37.2 Å². The van der Waals surface area contributed by atoms with Gasteiger partial charge in [-0.1, -0.05) is 6.92 Å². The Morgan fingerprint density at radius 1 is 1.25 bits per heavy atom. The Balaban J connectivity index is 2.60. The fourth-order valence-electron chi connectivity index (χ4n) is 2.32. The molecule has 1 aliphatic rings. The van der Waals surface area contributed by atoms with Crippen molar-refractivity contribution in [1.29, 1.82) is 0 Å². The van der Waals surface area contributed by atoms with Crippen LogP contribution in [0.5, 0.6) is 0 Å². The van der Waals surface area contributed by atoms with Gasteiger partial charge in [0.2, 0.25) is 0 Å². The average molecular weight is 318 g/mol. The summed E-state index contributed by atoms with van der Waals surface area (Å²) < 4.78 is 0. The van der Waals surface area contributed by atoms with Gasteiger partial charge in [-0.15, -0.1) is 0 Å². The van der Waals surface area contributed by atoms with E-state index in [0.29, 0.717) is 18.6 Å². The smallest absolute Gasteiger partial charge is 0.150 e. The zero-order valence-electron chi connectivity index (χ0n) is 12.4. The van der Waals surface area contributed by atoms with Crippen molar-refractivity contribution in [1.82, 2.24) is 0 Å². The summed E-state index contributed by atoms with van der Waals surface area (Å²) in [6.07, 6.45) is 4.54. The molecule has 116 valence electrons. The molecule has 0 aromatic rings. The lowest BCUT2D eigenvalue weighted by molar-refractivity contribution is -0.123. The summed E-state index contributed by atoms with van der Waals surface area (Å²) in [6.45, 7) is 2.19. The van der Waals surface area contributed by atoms with Crippen LogP contribution in [-0.4, -0.2) is 41.1 Å². The van der Waals surface area contributed by atoms with Gasteiger partial charge in [0.15, 0.2) is 0 Å². The lowest BCUT2D eigenvalue weighted by Crippen LogP contribution is -2.27. The highest BCUT2D eigenvalue weighted by Crippen LogP contribution is 2.22. The van der Waals surface area contributed by atoms with E-state index in [2.05, 4.69) is 6.92 Å². The van der Waals surface area contributed by atoms with Crippen molar-refractivity contribution in [3.8, 4) is 0 Å². The minimum Gasteiger partial charge on any atom is -0.324 e. The molecule has 0 aromatic carbocycles. The molecular weight excluding hydrogens is 290 g/mol. The van der Waals surface area contributed by atoms with Gasteiger partial charge in [-0.2, -0.15) is 23.5 Å². The molecule has 1 aliphatic heterocycles. The first-order valence-electron chi connectivity index (χ1n) is 7.60. The number of hydrogen-bond donors (Lipinski definition) is 1. The molecule has 5 heteroatoms. The SMILES string of the molecule is CC[C@H]1CSCCCCSC[C@@H](C(=O)CN)CCC1=O. The molecule has 1 saturated heterocycles. The number of thioether (sulfide) groups is 2. The predicted octanol–water partition coefficient (Wildman–Crippen LogP) is 2.77. The van der Waals surface area contributed by atoms with E-state index in [1.54, 1.807) is 0 Å². The van der Waals surface area contributed by atoms with Gasteiger partial charge >= 0.3 is 0 Å². The zero-order valence-corrected chi connectivity index (χ0v) is 14.1. The van der Waals surface area contributed by atoms with Crippen molar-refractivity contribution in [3.05, 3.63) is 0 Å². The van der Waals surface area contributed by atoms with Gasteiger partial charge in [0.05, 0.1) is 6.54 Å². The Morgan fingerprint density at radius 3 is 2.50 bits per heavy atom. The van der Waals surface area contributed by atoms with Gasteiger partial charge in [0, 0.05) is 29.8 Å². The van der Waals surface area contributed by atoms with Crippen molar-refractivity contribution in [2.75, 3.05) is 29.6 Å². The molecule has 0 aromatic heterocycles. The molecule has 0 aliphatic carbocycles. The van der Waals surface area contributed by atoms with Crippen LogP contribution in [0.1, 0.15) is 39.0 Å². The molecule has 0 unspecified atom stereocenters. The minimum absolute atomic E-state index is 0.0279. The van der Waals surface area contributed by atoms with Crippen LogP contribution in [0.2, 0.25) is 0 Å². The summed E-state index contributed by atoms with van der Waals surface area (Å²) in [4.78, 5) is 24.1. The van der Waals surface area contributed by atoms with Crippen molar-refractivity contribution in [2.45, 2.75) is 39.0 Å². The maximum absolute atomic E-state index is 12.2. The predicted molar refractivity (Wildman–Crippen MR) is 89.5 cm³/mol. The number of carbonyl (C=O) groups is 2. The van der Waals surface area contributed by atoms with Gasteiger partial charge in [-0.3, -0.25) is 9.59 Å². The molecule has 0 bridgehead atoms. The molecule has 0 amide bonds. The topological polar surface area (TPSA) is 60.2 Å². The molecule has 2 atom stereocenters. The van der Waals surface area contributed by atoms with Gasteiger partial charge in [0.25, 0.3) is 0 Å². The molecule has 0 spiro atoms. The molecule has 3 nitrogen and oxygen atoms in total. The maximum atomic E-state index is 12.2. The highest BCUT2D eigenvalue weighted by molar-refractivity contribution is 7.99. The van der Waals surface area contributed by atoms with Crippen LogP contribution in [0.15, 0.2) is 0 Å². The first kappa shape index (κ1) is 18.1. The number of rotatable bonds is 3. The number of Topliss-reactive ketones (excluding diaryl/α,β-unsaturated/α-hetero) is 2. The molecule has 0 saturated carbocycles. The highest BCUT2D eigenvalue weighted by atomic mass is 32.2. The molecule has 1 rings (SSSR count). The van der Waals surface area contributed by atoms with Crippen LogP contribution < -0.4 is 5.73 Å². The van der Waals surface area contributed by atoms with E-state index < -0.39 is 0 Å².